The summed E-state index contributed by atoms with van der Waals surface area (Å²) in [5, 5.41) is 8.58. The third-order valence-electron chi connectivity index (χ3n) is 2.15. The summed E-state index contributed by atoms with van der Waals surface area (Å²) in [5.41, 5.74) is 1.19. The minimum absolute atomic E-state index is 0.221. The molecule has 2 heteroatoms. The maximum atomic E-state index is 8.58. The quantitative estimate of drug-likeness (QED) is 0.627. The van der Waals surface area contributed by atoms with Crippen LogP contribution in [0, 0.1) is 0 Å². The number of rotatable bonds is 3. The molecule has 0 saturated carbocycles. The largest absolute Gasteiger partial charge is 0.396 e. The first-order valence-corrected chi connectivity index (χ1v) is 4.18. The van der Waals surface area contributed by atoms with Crippen LogP contribution in [0.4, 0.5) is 0 Å². The van der Waals surface area contributed by atoms with E-state index < -0.39 is 0 Å². The van der Waals surface area contributed by atoms with Gasteiger partial charge in [-0.15, -0.1) is 0 Å². The van der Waals surface area contributed by atoms with Gasteiger partial charge in [-0.25, -0.2) is 0 Å². The van der Waals surface area contributed by atoms with Crippen molar-refractivity contribution >= 4 is 0 Å². The Balaban J connectivity index is 2.24. The zero-order chi connectivity index (χ0) is 8.27. The molecule has 1 saturated heterocycles. The molecule has 0 spiro atoms. The van der Waals surface area contributed by atoms with Gasteiger partial charge in [-0.05, 0) is 31.8 Å². The molecule has 1 aliphatic rings. The Morgan fingerprint density at radius 1 is 1.73 bits per heavy atom. The first-order chi connectivity index (χ1) is 5.24. The molecule has 64 valence electrons. The molecule has 0 radical (unpaired) electrons. The Bertz CT molecular complexity index is 142. The van der Waals surface area contributed by atoms with Gasteiger partial charge in [0.1, 0.15) is 0 Å². The topological polar surface area (TPSA) is 29.5 Å². The second-order valence-electron chi connectivity index (χ2n) is 3.13. The van der Waals surface area contributed by atoms with Crippen LogP contribution in [0.2, 0.25) is 0 Å². The lowest BCUT2D eigenvalue weighted by atomic mass is 10.1. The van der Waals surface area contributed by atoms with Crippen molar-refractivity contribution in [3.05, 3.63) is 12.2 Å². The highest BCUT2D eigenvalue weighted by atomic mass is 16.5. The Kier molecular flexibility index (Phi) is 3.09. The first kappa shape index (κ1) is 8.75. The minimum Gasteiger partial charge on any atom is -0.396 e. The van der Waals surface area contributed by atoms with Crippen molar-refractivity contribution in [3.8, 4) is 0 Å². The highest BCUT2D eigenvalue weighted by molar-refractivity contribution is 5.07. The Morgan fingerprint density at radius 3 is 2.91 bits per heavy atom. The van der Waals surface area contributed by atoms with Gasteiger partial charge in [0.15, 0.2) is 0 Å². The minimum atomic E-state index is 0.221. The van der Waals surface area contributed by atoms with Gasteiger partial charge in [-0.1, -0.05) is 6.58 Å². The van der Waals surface area contributed by atoms with Crippen LogP contribution in [-0.2, 0) is 4.74 Å². The van der Waals surface area contributed by atoms with Crippen LogP contribution in [0.3, 0.4) is 0 Å². The molecule has 0 amide bonds. The summed E-state index contributed by atoms with van der Waals surface area (Å²) in [6.07, 6.45) is 3.30. The van der Waals surface area contributed by atoms with Gasteiger partial charge in [-0.3, -0.25) is 0 Å². The fourth-order valence-electron chi connectivity index (χ4n) is 1.38. The van der Waals surface area contributed by atoms with Crippen LogP contribution < -0.4 is 0 Å². The molecule has 1 aliphatic heterocycles. The van der Waals surface area contributed by atoms with E-state index in [0.29, 0.717) is 6.10 Å². The Labute approximate surface area is 67.9 Å². The Morgan fingerprint density at radius 2 is 2.45 bits per heavy atom. The maximum absolute atomic E-state index is 8.58. The maximum Gasteiger partial charge on any atom is 0.0759 e. The second-order valence-corrected chi connectivity index (χ2v) is 3.13. The lowest BCUT2D eigenvalue weighted by Crippen LogP contribution is -2.08. The summed E-state index contributed by atoms with van der Waals surface area (Å²) in [6, 6.07) is 0. The summed E-state index contributed by atoms with van der Waals surface area (Å²) in [4.78, 5) is 0. The predicted octanol–water partition coefficient (Wildman–Crippen LogP) is 1.49. The number of aliphatic hydroxyl groups is 1. The van der Waals surface area contributed by atoms with Crippen molar-refractivity contribution in [2.75, 3.05) is 6.61 Å². The fourth-order valence-corrected chi connectivity index (χ4v) is 1.38. The lowest BCUT2D eigenvalue weighted by molar-refractivity contribution is 0.0526. The lowest BCUT2D eigenvalue weighted by Gasteiger charge is -2.08. The van der Waals surface area contributed by atoms with Crippen LogP contribution >= 0.6 is 0 Å². The standard InChI is InChI=1S/C9H16O2/c1-7-6-9(4-3-5-10)11-8(7)2/h8-10H,1,3-6H2,2H3/t8-,9?/m0/s1. The summed E-state index contributed by atoms with van der Waals surface area (Å²) in [5.74, 6) is 0. The highest BCUT2D eigenvalue weighted by Crippen LogP contribution is 2.26. The molecular weight excluding hydrogens is 140 g/mol. The molecule has 1 heterocycles. The molecule has 0 aliphatic carbocycles. The predicted molar refractivity (Wildman–Crippen MR) is 44.4 cm³/mol. The van der Waals surface area contributed by atoms with E-state index >= 15 is 0 Å². The molecule has 0 aromatic rings. The first-order valence-electron chi connectivity index (χ1n) is 4.18. The van der Waals surface area contributed by atoms with E-state index in [1.807, 2.05) is 6.92 Å². The van der Waals surface area contributed by atoms with E-state index in [4.69, 9.17) is 9.84 Å². The van der Waals surface area contributed by atoms with Crippen LogP contribution in [0.1, 0.15) is 26.2 Å². The molecule has 0 aromatic carbocycles. The highest BCUT2D eigenvalue weighted by Gasteiger charge is 2.24. The normalized spacial score (nSPS) is 31.3. The third-order valence-corrected chi connectivity index (χ3v) is 2.15. The summed E-state index contributed by atoms with van der Waals surface area (Å²) < 4.78 is 5.56. The fraction of sp³-hybridized carbons (Fsp3) is 0.778. The van der Waals surface area contributed by atoms with Crippen molar-refractivity contribution in [2.45, 2.75) is 38.4 Å². The van der Waals surface area contributed by atoms with E-state index in [2.05, 4.69) is 6.58 Å². The Hall–Kier alpha value is -0.340. The zero-order valence-corrected chi connectivity index (χ0v) is 7.05. The SMILES string of the molecule is C=C1CC(CCCO)O[C@H]1C. The molecule has 1 fully saturated rings. The van der Waals surface area contributed by atoms with Crippen molar-refractivity contribution in [1.82, 2.24) is 0 Å². The van der Waals surface area contributed by atoms with E-state index in [-0.39, 0.29) is 12.7 Å². The van der Waals surface area contributed by atoms with Gasteiger partial charge in [0.05, 0.1) is 12.2 Å². The number of ether oxygens (including phenoxy) is 1. The van der Waals surface area contributed by atoms with E-state index in [0.717, 1.165) is 19.3 Å². The van der Waals surface area contributed by atoms with E-state index in [1.165, 1.54) is 5.57 Å². The molecule has 2 atom stereocenters. The third kappa shape index (κ3) is 2.31. The van der Waals surface area contributed by atoms with Gasteiger partial charge in [0.2, 0.25) is 0 Å². The average Bonchev–Trinajstić information content (AvgIpc) is 2.28. The van der Waals surface area contributed by atoms with Crippen molar-refractivity contribution in [3.63, 3.8) is 0 Å². The van der Waals surface area contributed by atoms with E-state index in [9.17, 15) is 0 Å². The molecular formula is C9H16O2. The molecule has 0 aromatic heterocycles. The molecule has 2 nitrogen and oxygen atoms in total. The molecule has 11 heavy (non-hydrogen) atoms. The average molecular weight is 156 g/mol. The molecule has 1 unspecified atom stereocenters. The number of hydrogen-bond donors (Lipinski definition) is 1. The summed E-state index contributed by atoms with van der Waals surface area (Å²) >= 11 is 0. The van der Waals surface area contributed by atoms with Crippen molar-refractivity contribution < 1.29 is 9.84 Å². The van der Waals surface area contributed by atoms with Crippen molar-refractivity contribution in [2.24, 2.45) is 0 Å². The smallest absolute Gasteiger partial charge is 0.0759 e. The van der Waals surface area contributed by atoms with E-state index in [1.54, 1.807) is 0 Å². The summed E-state index contributed by atoms with van der Waals surface area (Å²) in [6.45, 7) is 6.20. The summed E-state index contributed by atoms with van der Waals surface area (Å²) in [7, 11) is 0. The second kappa shape index (κ2) is 3.88. The number of hydrogen-bond acceptors (Lipinski definition) is 2. The molecule has 1 N–H and O–H groups in total. The van der Waals surface area contributed by atoms with Gasteiger partial charge in [0.25, 0.3) is 0 Å². The van der Waals surface area contributed by atoms with Crippen molar-refractivity contribution in [1.29, 1.82) is 0 Å². The van der Waals surface area contributed by atoms with Crippen LogP contribution in [-0.4, -0.2) is 23.9 Å². The van der Waals surface area contributed by atoms with Crippen LogP contribution in [0.15, 0.2) is 12.2 Å². The van der Waals surface area contributed by atoms with Gasteiger partial charge in [-0.2, -0.15) is 0 Å². The van der Waals surface area contributed by atoms with Gasteiger partial charge >= 0.3 is 0 Å². The molecule has 1 rings (SSSR count). The molecule has 0 bridgehead atoms. The van der Waals surface area contributed by atoms with Crippen LogP contribution in [0.25, 0.3) is 0 Å². The van der Waals surface area contributed by atoms with Crippen LogP contribution in [0.5, 0.6) is 0 Å². The zero-order valence-electron chi connectivity index (χ0n) is 7.05. The monoisotopic (exact) mass is 156 g/mol. The number of aliphatic hydroxyl groups excluding tert-OH is 1. The van der Waals surface area contributed by atoms with Gasteiger partial charge in [0, 0.05) is 6.61 Å². The van der Waals surface area contributed by atoms with Gasteiger partial charge < -0.3 is 9.84 Å².